The minimum Gasteiger partial charge on any atom is -0.508 e. The van der Waals surface area contributed by atoms with Gasteiger partial charge in [0.05, 0.1) is 29.6 Å². The van der Waals surface area contributed by atoms with Gasteiger partial charge in [0.15, 0.2) is 0 Å². The molecule has 2 amide bonds. The fraction of sp³-hybridized carbons (Fsp3) is 0.613. The molecule has 5 rings (SSSR count). The zero-order valence-corrected chi connectivity index (χ0v) is 24.4. The van der Waals surface area contributed by atoms with Crippen LogP contribution in [0.1, 0.15) is 76.7 Å². The molecular weight excluding hydrogens is 529 g/mol. The molecule has 4 atom stereocenters. The van der Waals surface area contributed by atoms with Crippen molar-refractivity contribution in [2.24, 2.45) is 17.8 Å². The summed E-state index contributed by atoms with van der Waals surface area (Å²) in [5, 5.41) is 21.1. The Kier molecular flexibility index (Phi) is 9.40. The van der Waals surface area contributed by atoms with E-state index < -0.39 is 13.0 Å². The van der Waals surface area contributed by atoms with Gasteiger partial charge >= 0.3 is 7.12 Å². The highest BCUT2D eigenvalue weighted by molar-refractivity contribution is 6.43. The molecule has 2 saturated heterocycles. The van der Waals surface area contributed by atoms with E-state index in [-0.39, 0.29) is 41.5 Å². The van der Waals surface area contributed by atoms with Crippen molar-refractivity contribution in [1.29, 1.82) is 0 Å². The number of carbonyl (C=O) groups excluding carboxylic acids is 2. The molecule has 216 valence electrons. The number of hydrogen-bond donors (Lipinski definition) is 2. The average Bonchev–Trinajstić information content (AvgIpc) is 3.18. The molecule has 0 bridgehead atoms. The van der Waals surface area contributed by atoms with E-state index in [4.69, 9.17) is 21.0 Å². The fourth-order valence-corrected chi connectivity index (χ4v) is 7.78. The summed E-state index contributed by atoms with van der Waals surface area (Å²) in [7, 11) is 0.667. The van der Waals surface area contributed by atoms with Crippen LogP contribution in [-0.2, 0) is 19.0 Å². The van der Waals surface area contributed by atoms with Crippen LogP contribution in [0.4, 0.5) is 0 Å². The number of likely N-dealkylation sites (tertiary alicyclic amines) is 1. The first-order chi connectivity index (χ1) is 19.3. The van der Waals surface area contributed by atoms with Gasteiger partial charge in [0.1, 0.15) is 5.75 Å². The van der Waals surface area contributed by atoms with Crippen LogP contribution in [0.15, 0.2) is 34.9 Å². The van der Waals surface area contributed by atoms with Crippen molar-refractivity contribution in [3.8, 4) is 5.75 Å². The lowest BCUT2D eigenvalue weighted by Gasteiger charge is -2.43. The number of halogens is 1. The second-order valence-electron chi connectivity index (χ2n) is 11.9. The number of methoxy groups -OCH3 is 1. The number of phenols is 1. The predicted octanol–water partition coefficient (Wildman–Crippen LogP) is 5.79. The van der Waals surface area contributed by atoms with Crippen molar-refractivity contribution in [3.05, 3.63) is 45.5 Å². The smallest absolute Gasteiger partial charge is 0.455 e. The summed E-state index contributed by atoms with van der Waals surface area (Å²) in [6, 6.07) is 4.98. The molecule has 0 aromatic heterocycles. The first-order valence-electron chi connectivity index (χ1n) is 14.9. The second-order valence-corrected chi connectivity index (χ2v) is 12.3. The minimum atomic E-state index is -0.988. The molecule has 4 aliphatic rings. The quantitative estimate of drug-likeness (QED) is 0.222. The normalized spacial score (nSPS) is 27.9. The van der Waals surface area contributed by atoms with Crippen molar-refractivity contribution in [3.63, 3.8) is 0 Å². The van der Waals surface area contributed by atoms with Crippen molar-refractivity contribution in [2.45, 2.75) is 89.6 Å². The fourth-order valence-electron chi connectivity index (χ4n) is 7.55. The maximum absolute atomic E-state index is 13.9. The van der Waals surface area contributed by atoms with E-state index in [2.05, 4.69) is 13.0 Å². The Hall–Kier alpha value is -2.13. The SMILES string of the molecule is CCC/C(=C\c1ccc(O)cc1Cl)CC[C@H]1OB(O)C[C@H]2C1=C(COC)C[C@H]1C(=O)N(C3CCCCC3)C(=O)[C@H]12. The standard InChI is InChI=1S/C31H41BClNO6/c1-3-7-19(14-20-11-12-23(35)16-26(20)33)10-13-27-28-21(18-39-2)15-24-29(25(28)17-32(38)40-27)31(37)34(30(24)36)22-8-5-4-6-9-22/h11-12,14,16,22,24-25,27,29,35,38H,3-10,13,15,17-18H2,1-2H3/b19-14+/t24-,25+,27-,29-/m1/s1. The zero-order chi connectivity index (χ0) is 28.4. The zero-order valence-electron chi connectivity index (χ0n) is 23.6. The summed E-state index contributed by atoms with van der Waals surface area (Å²) >= 11 is 6.38. The Morgan fingerprint density at radius 1 is 1.18 bits per heavy atom. The molecule has 40 heavy (non-hydrogen) atoms. The summed E-state index contributed by atoms with van der Waals surface area (Å²) < 4.78 is 11.7. The molecule has 1 aromatic carbocycles. The molecule has 1 saturated carbocycles. The number of imide groups is 1. The van der Waals surface area contributed by atoms with Crippen molar-refractivity contribution >= 4 is 36.6 Å². The van der Waals surface area contributed by atoms with Crippen LogP contribution >= 0.6 is 11.6 Å². The summed E-state index contributed by atoms with van der Waals surface area (Å²) in [4.78, 5) is 29.1. The Labute approximate surface area is 242 Å². The summed E-state index contributed by atoms with van der Waals surface area (Å²) in [5.41, 5.74) is 4.15. The van der Waals surface area contributed by atoms with Crippen LogP contribution < -0.4 is 0 Å². The lowest BCUT2D eigenvalue weighted by molar-refractivity contribution is -0.143. The van der Waals surface area contributed by atoms with Crippen molar-refractivity contribution < 1.29 is 29.1 Å². The molecule has 2 aliphatic carbocycles. The Morgan fingerprint density at radius 2 is 1.95 bits per heavy atom. The largest absolute Gasteiger partial charge is 0.508 e. The lowest BCUT2D eigenvalue weighted by atomic mass is 9.58. The summed E-state index contributed by atoms with van der Waals surface area (Å²) in [6.07, 6.45) is 10.8. The lowest BCUT2D eigenvalue weighted by Crippen LogP contribution is -2.47. The molecule has 2 heterocycles. The van der Waals surface area contributed by atoms with E-state index >= 15 is 0 Å². The summed E-state index contributed by atoms with van der Waals surface area (Å²) in [6.45, 7) is 2.52. The monoisotopic (exact) mass is 569 g/mol. The number of allylic oxidation sites excluding steroid dienone is 1. The van der Waals surface area contributed by atoms with E-state index in [0.717, 1.165) is 68.1 Å². The summed E-state index contributed by atoms with van der Waals surface area (Å²) in [5.74, 6) is -1.01. The van der Waals surface area contributed by atoms with Gasteiger partial charge in [-0.3, -0.25) is 14.5 Å². The van der Waals surface area contributed by atoms with E-state index in [1.165, 1.54) is 5.57 Å². The number of rotatable bonds is 9. The van der Waals surface area contributed by atoms with Gasteiger partial charge in [-0.15, -0.1) is 0 Å². The number of ether oxygens (including phenoxy) is 1. The van der Waals surface area contributed by atoms with Gasteiger partial charge in [-0.1, -0.05) is 55.9 Å². The first kappa shape index (κ1) is 29.4. The molecule has 1 aromatic rings. The Balaban J connectivity index is 1.41. The number of benzene rings is 1. The number of hydrogen-bond acceptors (Lipinski definition) is 6. The highest BCUT2D eigenvalue weighted by atomic mass is 35.5. The number of aromatic hydroxyl groups is 1. The third-order valence-electron chi connectivity index (χ3n) is 9.24. The number of amides is 2. The van der Waals surface area contributed by atoms with Gasteiger partial charge in [0.25, 0.3) is 0 Å². The van der Waals surface area contributed by atoms with Crippen LogP contribution in [0, 0.1) is 17.8 Å². The van der Waals surface area contributed by atoms with Gasteiger partial charge in [-0.05, 0) is 85.7 Å². The van der Waals surface area contributed by atoms with Crippen LogP contribution in [0.5, 0.6) is 5.75 Å². The molecular formula is C31H41BClNO6. The molecule has 0 unspecified atom stereocenters. The molecule has 2 N–H and O–H groups in total. The van der Waals surface area contributed by atoms with Crippen molar-refractivity contribution in [1.82, 2.24) is 4.90 Å². The maximum atomic E-state index is 13.9. The van der Waals surface area contributed by atoms with E-state index in [1.54, 1.807) is 24.1 Å². The highest BCUT2D eigenvalue weighted by Gasteiger charge is 2.58. The maximum Gasteiger partial charge on any atom is 0.455 e. The highest BCUT2D eigenvalue weighted by Crippen LogP contribution is 2.51. The molecule has 9 heteroatoms. The number of phenolic OH excluding ortho intramolecular Hbond substituents is 1. The third-order valence-corrected chi connectivity index (χ3v) is 9.57. The molecule has 0 spiro atoms. The predicted molar refractivity (Wildman–Crippen MR) is 156 cm³/mol. The minimum absolute atomic E-state index is 0.00250. The van der Waals surface area contributed by atoms with E-state index in [9.17, 15) is 19.7 Å². The number of carbonyl (C=O) groups is 2. The van der Waals surface area contributed by atoms with Crippen LogP contribution in [0.25, 0.3) is 6.08 Å². The van der Waals surface area contributed by atoms with Crippen LogP contribution in [-0.4, -0.2) is 59.8 Å². The van der Waals surface area contributed by atoms with Crippen LogP contribution in [0.2, 0.25) is 11.3 Å². The Bertz CT molecular complexity index is 1180. The molecule has 7 nitrogen and oxygen atoms in total. The number of nitrogens with zero attached hydrogens (tertiary/aromatic N) is 1. The van der Waals surface area contributed by atoms with E-state index in [0.29, 0.717) is 30.8 Å². The Morgan fingerprint density at radius 3 is 2.65 bits per heavy atom. The van der Waals surface area contributed by atoms with Crippen LogP contribution in [0.3, 0.4) is 0 Å². The molecule has 0 radical (unpaired) electrons. The molecule has 3 fully saturated rings. The average molecular weight is 570 g/mol. The number of fused-ring (bicyclic) bond motifs is 3. The third kappa shape index (κ3) is 5.92. The van der Waals surface area contributed by atoms with Gasteiger partial charge in [0, 0.05) is 13.2 Å². The van der Waals surface area contributed by atoms with Crippen molar-refractivity contribution in [2.75, 3.05) is 13.7 Å². The topological polar surface area (TPSA) is 96.3 Å². The molecule has 2 aliphatic heterocycles. The van der Waals surface area contributed by atoms with E-state index in [1.807, 2.05) is 6.07 Å². The van der Waals surface area contributed by atoms with Gasteiger partial charge in [0.2, 0.25) is 11.8 Å². The van der Waals surface area contributed by atoms with Gasteiger partial charge in [-0.2, -0.15) is 0 Å². The second kappa shape index (κ2) is 12.8. The van der Waals surface area contributed by atoms with Gasteiger partial charge in [-0.25, -0.2) is 0 Å². The van der Waals surface area contributed by atoms with Gasteiger partial charge < -0.3 is 19.5 Å². The first-order valence-corrected chi connectivity index (χ1v) is 15.3.